The lowest BCUT2D eigenvalue weighted by Gasteiger charge is -2.23. The van der Waals surface area contributed by atoms with Crippen LogP contribution in [0.4, 0.5) is 0 Å². The topological polar surface area (TPSA) is 45.8 Å². The molecule has 2 aromatic carbocycles. The average molecular weight is 335 g/mol. The molecule has 0 spiro atoms. The molecule has 0 fully saturated rings. The fourth-order valence-electron chi connectivity index (χ4n) is 2.88. The molecule has 3 rings (SSSR count). The summed E-state index contributed by atoms with van der Waals surface area (Å²) in [6.07, 6.45) is 0. The van der Waals surface area contributed by atoms with Crippen LogP contribution in [0.3, 0.4) is 0 Å². The van der Waals surface area contributed by atoms with Gasteiger partial charge < -0.3 is 4.57 Å². The van der Waals surface area contributed by atoms with Crippen LogP contribution in [-0.2, 0) is 4.79 Å². The summed E-state index contributed by atoms with van der Waals surface area (Å²) in [4.78, 5) is 12.0. The van der Waals surface area contributed by atoms with Gasteiger partial charge in [0.15, 0.2) is 5.78 Å². The number of hydrogen-bond acceptors (Lipinski definition) is 2. The summed E-state index contributed by atoms with van der Waals surface area (Å²) in [7, 11) is 0. The second-order valence-corrected chi connectivity index (χ2v) is 6.04. The minimum atomic E-state index is -0.450. The molecule has 1 atom stereocenters. The van der Waals surface area contributed by atoms with Gasteiger partial charge >= 0.3 is 0 Å². The largest absolute Gasteiger partial charge is 0.320 e. The number of fused-ring (bicyclic) bond motifs is 1. The number of ketones is 1. The van der Waals surface area contributed by atoms with Crippen molar-refractivity contribution in [2.75, 3.05) is 0 Å². The summed E-state index contributed by atoms with van der Waals surface area (Å²) in [6, 6.07) is 18.6. The first-order valence-corrected chi connectivity index (χ1v) is 7.86. The Kier molecular flexibility index (Phi) is 4.24. The third-order valence-electron chi connectivity index (χ3n) is 4.09. The number of carbonyl (C=O) groups is 1. The van der Waals surface area contributed by atoms with Gasteiger partial charge in [-0.25, -0.2) is 0 Å². The first kappa shape index (κ1) is 16.0. The second-order valence-electron chi connectivity index (χ2n) is 5.61. The Bertz CT molecular complexity index is 977. The average Bonchev–Trinajstić information content (AvgIpc) is 2.95. The van der Waals surface area contributed by atoms with Crippen LogP contribution in [-0.4, -0.2) is 10.4 Å². The van der Waals surface area contributed by atoms with Crippen LogP contribution in [0.5, 0.6) is 0 Å². The molecule has 4 heteroatoms. The molecule has 0 bridgehead atoms. The van der Waals surface area contributed by atoms with Gasteiger partial charge in [-0.1, -0.05) is 48.5 Å². The van der Waals surface area contributed by atoms with E-state index in [-0.39, 0.29) is 5.78 Å². The number of allylic oxidation sites excluding steroid dienone is 1. The molecule has 3 aromatic rings. The van der Waals surface area contributed by atoms with Crippen molar-refractivity contribution < 1.29 is 4.79 Å². The third-order valence-corrected chi connectivity index (χ3v) is 4.34. The molecule has 0 N–H and O–H groups in total. The van der Waals surface area contributed by atoms with Crippen molar-refractivity contribution >= 4 is 28.3 Å². The standard InChI is InChI=1S/C20H15ClN2O/c1-13(14(2)24)20(15-7-9-17(21)10-8-15)23-18(12-22)11-16-5-3-4-6-19(16)23/h3-11,20H,1H2,2H3. The molecule has 0 radical (unpaired) electrons. The van der Waals surface area contributed by atoms with Crippen molar-refractivity contribution in [2.24, 2.45) is 0 Å². The molecule has 1 heterocycles. The molecular formula is C20H15ClN2O. The highest BCUT2D eigenvalue weighted by molar-refractivity contribution is 6.30. The van der Waals surface area contributed by atoms with E-state index in [0.29, 0.717) is 16.3 Å². The summed E-state index contributed by atoms with van der Waals surface area (Å²) in [5.74, 6) is -0.114. The van der Waals surface area contributed by atoms with E-state index in [2.05, 4.69) is 12.6 Å². The van der Waals surface area contributed by atoms with Gasteiger partial charge in [-0.3, -0.25) is 4.79 Å². The predicted molar refractivity (Wildman–Crippen MR) is 96.1 cm³/mol. The Morgan fingerprint density at radius 1 is 1.21 bits per heavy atom. The van der Waals surface area contributed by atoms with Crippen LogP contribution in [0, 0.1) is 11.3 Å². The molecule has 0 saturated carbocycles. The van der Waals surface area contributed by atoms with Crippen LogP contribution in [0.25, 0.3) is 10.9 Å². The van der Waals surface area contributed by atoms with E-state index >= 15 is 0 Å². The maximum Gasteiger partial charge on any atom is 0.157 e. The van der Waals surface area contributed by atoms with Gasteiger partial charge in [-0.2, -0.15) is 5.26 Å². The Hall–Kier alpha value is -2.83. The molecule has 0 aliphatic rings. The number of halogens is 1. The summed E-state index contributed by atoms with van der Waals surface area (Å²) in [5.41, 5.74) is 2.66. The second kappa shape index (κ2) is 6.35. The Morgan fingerprint density at radius 2 is 1.88 bits per heavy atom. The number of benzene rings is 2. The van der Waals surface area contributed by atoms with Gasteiger partial charge in [0.25, 0.3) is 0 Å². The molecule has 0 aliphatic heterocycles. The maximum absolute atomic E-state index is 12.0. The maximum atomic E-state index is 12.0. The monoisotopic (exact) mass is 334 g/mol. The number of rotatable bonds is 4. The molecule has 24 heavy (non-hydrogen) atoms. The molecule has 0 saturated heterocycles. The van der Waals surface area contributed by atoms with Gasteiger partial charge in [0.2, 0.25) is 0 Å². The Labute approximate surface area is 145 Å². The summed E-state index contributed by atoms with van der Waals surface area (Å²) < 4.78 is 1.86. The fraction of sp³-hybridized carbons (Fsp3) is 0.100. The van der Waals surface area contributed by atoms with Crippen molar-refractivity contribution in [1.29, 1.82) is 5.26 Å². The van der Waals surface area contributed by atoms with Crippen LogP contribution in [0.2, 0.25) is 5.02 Å². The van der Waals surface area contributed by atoms with Crippen molar-refractivity contribution in [2.45, 2.75) is 13.0 Å². The minimum Gasteiger partial charge on any atom is -0.320 e. The minimum absolute atomic E-state index is 0.114. The number of nitriles is 1. The molecular weight excluding hydrogens is 320 g/mol. The van der Waals surface area contributed by atoms with Crippen molar-refractivity contribution in [3.05, 3.63) is 83.0 Å². The number of Topliss-reactive ketones (excluding diaryl/α,β-unsaturated/α-hetero) is 1. The van der Waals surface area contributed by atoms with Crippen LogP contribution in [0.15, 0.2) is 66.7 Å². The first-order valence-electron chi connectivity index (χ1n) is 7.48. The molecule has 3 nitrogen and oxygen atoms in total. The third kappa shape index (κ3) is 2.73. The highest BCUT2D eigenvalue weighted by atomic mass is 35.5. The lowest BCUT2D eigenvalue weighted by molar-refractivity contribution is -0.113. The number of para-hydroxylation sites is 1. The zero-order chi connectivity index (χ0) is 17.3. The zero-order valence-corrected chi connectivity index (χ0v) is 13.9. The van der Waals surface area contributed by atoms with Crippen molar-refractivity contribution in [3.8, 4) is 6.07 Å². The predicted octanol–water partition coefficient (Wildman–Crippen LogP) is 4.90. The van der Waals surface area contributed by atoms with Gasteiger partial charge in [0.05, 0.1) is 6.04 Å². The van der Waals surface area contributed by atoms with Crippen molar-refractivity contribution in [1.82, 2.24) is 4.57 Å². The summed E-state index contributed by atoms with van der Waals surface area (Å²) in [5, 5.41) is 11.1. The number of aromatic nitrogens is 1. The number of carbonyl (C=O) groups excluding carboxylic acids is 1. The highest BCUT2D eigenvalue weighted by Gasteiger charge is 2.24. The van der Waals surface area contributed by atoms with E-state index in [1.165, 1.54) is 6.92 Å². The van der Waals surface area contributed by atoms with E-state index in [9.17, 15) is 10.1 Å². The molecule has 1 unspecified atom stereocenters. The zero-order valence-electron chi connectivity index (χ0n) is 13.2. The van der Waals surface area contributed by atoms with Crippen LogP contribution < -0.4 is 0 Å². The van der Waals surface area contributed by atoms with E-state index in [1.807, 2.05) is 47.0 Å². The molecule has 1 aromatic heterocycles. The van der Waals surface area contributed by atoms with E-state index in [0.717, 1.165) is 16.5 Å². The fourth-order valence-corrected chi connectivity index (χ4v) is 3.01. The smallest absolute Gasteiger partial charge is 0.157 e. The molecule has 118 valence electrons. The van der Waals surface area contributed by atoms with Gasteiger partial charge in [0, 0.05) is 21.5 Å². The summed E-state index contributed by atoms with van der Waals surface area (Å²) >= 11 is 5.99. The highest BCUT2D eigenvalue weighted by Crippen LogP contribution is 2.33. The normalized spacial score (nSPS) is 11.9. The Balaban J connectivity index is 2.31. The van der Waals surface area contributed by atoms with E-state index in [1.54, 1.807) is 12.1 Å². The lowest BCUT2D eigenvalue weighted by atomic mass is 9.96. The van der Waals surface area contributed by atoms with Gasteiger partial charge in [-0.15, -0.1) is 0 Å². The van der Waals surface area contributed by atoms with Crippen LogP contribution in [0.1, 0.15) is 24.2 Å². The van der Waals surface area contributed by atoms with E-state index in [4.69, 9.17) is 11.6 Å². The van der Waals surface area contributed by atoms with Crippen LogP contribution >= 0.6 is 11.6 Å². The quantitative estimate of drug-likeness (QED) is 0.637. The molecule has 0 aliphatic carbocycles. The first-order chi connectivity index (χ1) is 11.5. The summed E-state index contributed by atoms with van der Waals surface area (Å²) in [6.45, 7) is 5.47. The molecule has 0 amide bonds. The number of nitrogens with zero attached hydrogens (tertiary/aromatic N) is 2. The van der Waals surface area contributed by atoms with Gasteiger partial charge in [0.1, 0.15) is 11.8 Å². The van der Waals surface area contributed by atoms with E-state index < -0.39 is 6.04 Å². The lowest BCUT2D eigenvalue weighted by Crippen LogP contribution is -2.18. The number of hydrogen-bond donors (Lipinski definition) is 0. The van der Waals surface area contributed by atoms with Crippen molar-refractivity contribution in [3.63, 3.8) is 0 Å². The Morgan fingerprint density at radius 3 is 2.50 bits per heavy atom. The SMILES string of the molecule is C=C(C(C)=O)C(c1ccc(Cl)cc1)n1c(C#N)cc2ccccc21. The van der Waals surface area contributed by atoms with Gasteiger partial charge in [-0.05, 0) is 36.8 Å².